The van der Waals surface area contributed by atoms with Crippen molar-refractivity contribution in [2.24, 2.45) is 10.7 Å². The maximum absolute atomic E-state index is 13.6. The van der Waals surface area contributed by atoms with Crippen molar-refractivity contribution in [3.8, 4) is 23.0 Å². The molecule has 0 bridgehead atoms. The van der Waals surface area contributed by atoms with E-state index in [1.807, 2.05) is 0 Å². The van der Waals surface area contributed by atoms with Crippen molar-refractivity contribution in [1.29, 1.82) is 0 Å². The third-order valence-corrected chi connectivity index (χ3v) is 4.74. The molecule has 1 atom stereocenters. The van der Waals surface area contributed by atoms with Gasteiger partial charge in [0.15, 0.2) is 23.0 Å². The van der Waals surface area contributed by atoms with Crippen LogP contribution in [0.4, 0.5) is 18.9 Å². The van der Waals surface area contributed by atoms with Crippen molar-refractivity contribution in [3.63, 3.8) is 0 Å². The van der Waals surface area contributed by atoms with E-state index >= 15 is 0 Å². The monoisotopic (exact) mass is 420 g/mol. The van der Waals surface area contributed by atoms with Gasteiger partial charge in [0.25, 0.3) is 0 Å². The number of allylic oxidation sites excluding steroid dienone is 1. The fourth-order valence-corrected chi connectivity index (χ4v) is 3.23. The molecule has 5 rings (SSSR count). The number of benzene rings is 2. The van der Waals surface area contributed by atoms with Crippen molar-refractivity contribution in [3.05, 3.63) is 53.4 Å². The van der Waals surface area contributed by atoms with Gasteiger partial charge in [0.05, 0.1) is 0 Å². The van der Waals surface area contributed by atoms with E-state index in [1.54, 1.807) is 30.3 Å². The largest absolute Gasteiger partial charge is 0.454 e. The SMILES string of the molecule is NC1(c2ccc3c(c2)OCO3)N=CC(C(F)(F)F)=C(Nc2ccc3c(c2)OCO3)N1. The number of nitrogens with two attached hydrogens (primary N) is 1. The normalized spacial score (nSPS) is 21.6. The van der Waals surface area contributed by atoms with Crippen molar-refractivity contribution < 1.29 is 32.1 Å². The lowest BCUT2D eigenvalue weighted by molar-refractivity contribution is -0.0871. The number of hydrogen-bond donors (Lipinski definition) is 3. The zero-order valence-corrected chi connectivity index (χ0v) is 15.2. The topological polar surface area (TPSA) is 99.4 Å². The van der Waals surface area contributed by atoms with E-state index in [1.165, 1.54) is 6.07 Å². The fourth-order valence-electron chi connectivity index (χ4n) is 3.23. The second kappa shape index (κ2) is 6.46. The van der Waals surface area contributed by atoms with E-state index < -0.39 is 17.5 Å². The molecule has 1 unspecified atom stereocenters. The number of nitrogens with one attached hydrogen (secondary N) is 2. The minimum absolute atomic E-state index is 0.0518. The molecule has 0 aliphatic carbocycles. The Balaban J connectivity index is 1.49. The summed E-state index contributed by atoms with van der Waals surface area (Å²) < 4.78 is 61.9. The maximum Gasteiger partial charge on any atom is 0.421 e. The molecule has 0 aromatic heterocycles. The number of nitrogens with zero attached hydrogens (tertiary/aromatic N) is 1. The lowest BCUT2D eigenvalue weighted by atomic mass is 10.1. The molecular formula is C19H15F3N4O4. The van der Waals surface area contributed by atoms with Gasteiger partial charge in [-0.2, -0.15) is 13.2 Å². The van der Waals surface area contributed by atoms with Crippen molar-refractivity contribution >= 4 is 11.9 Å². The molecule has 2 aromatic carbocycles. The zero-order chi connectivity index (χ0) is 20.9. The fraction of sp³-hybridized carbons (Fsp3) is 0.211. The maximum atomic E-state index is 13.6. The van der Waals surface area contributed by atoms with Crippen LogP contribution in [0.1, 0.15) is 5.56 Å². The minimum atomic E-state index is -4.66. The quantitative estimate of drug-likeness (QED) is 0.702. The molecule has 8 nitrogen and oxygen atoms in total. The van der Waals surface area contributed by atoms with Gasteiger partial charge in [-0.3, -0.25) is 5.73 Å². The molecule has 3 aliphatic heterocycles. The van der Waals surface area contributed by atoms with E-state index in [0.717, 1.165) is 0 Å². The molecule has 0 radical (unpaired) electrons. The van der Waals surface area contributed by atoms with Crippen LogP contribution in [0.25, 0.3) is 0 Å². The molecule has 156 valence electrons. The van der Waals surface area contributed by atoms with Crippen LogP contribution in [0.15, 0.2) is 52.8 Å². The Morgan fingerprint density at radius 1 is 0.933 bits per heavy atom. The number of hydrogen-bond acceptors (Lipinski definition) is 8. The van der Waals surface area contributed by atoms with Gasteiger partial charge >= 0.3 is 6.18 Å². The third kappa shape index (κ3) is 3.12. The Kier molecular flexibility index (Phi) is 3.97. The van der Waals surface area contributed by atoms with Crippen LogP contribution >= 0.6 is 0 Å². The molecule has 30 heavy (non-hydrogen) atoms. The number of fused-ring (bicyclic) bond motifs is 2. The summed E-state index contributed by atoms with van der Waals surface area (Å²) >= 11 is 0. The summed E-state index contributed by atoms with van der Waals surface area (Å²) in [5, 5.41) is 5.40. The Morgan fingerprint density at radius 3 is 2.27 bits per heavy atom. The van der Waals surface area contributed by atoms with E-state index in [9.17, 15) is 13.2 Å². The van der Waals surface area contributed by atoms with Crippen LogP contribution < -0.4 is 35.3 Å². The van der Waals surface area contributed by atoms with Gasteiger partial charge in [-0.15, -0.1) is 0 Å². The zero-order valence-electron chi connectivity index (χ0n) is 15.2. The van der Waals surface area contributed by atoms with E-state index in [4.69, 9.17) is 24.7 Å². The van der Waals surface area contributed by atoms with Crippen LogP contribution in [0.3, 0.4) is 0 Å². The molecule has 4 N–H and O–H groups in total. The molecular weight excluding hydrogens is 405 g/mol. The van der Waals surface area contributed by atoms with E-state index in [2.05, 4.69) is 15.6 Å². The summed E-state index contributed by atoms with van der Waals surface area (Å²) in [6.07, 6.45) is -3.96. The highest BCUT2D eigenvalue weighted by molar-refractivity contribution is 5.84. The van der Waals surface area contributed by atoms with E-state index in [0.29, 0.717) is 40.5 Å². The highest BCUT2D eigenvalue weighted by Gasteiger charge is 2.42. The Labute approximate surface area is 168 Å². The summed E-state index contributed by atoms with van der Waals surface area (Å²) in [6, 6.07) is 9.51. The van der Waals surface area contributed by atoms with Gasteiger partial charge in [0, 0.05) is 23.5 Å². The highest BCUT2D eigenvalue weighted by Crippen LogP contribution is 2.38. The summed E-state index contributed by atoms with van der Waals surface area (Å²) in [5.74, 6) is -0.117. The highest BCUT2D eigenvalue weighted by atomic mass is 19.4. The van der Waals surface area contributed by atoms with Gasteiger partial charge in [-0.1, -0.05) is 0 Å². The molecule has 0 spiro atoms. The van der Waals surface area contributed by atoms with Crippen LogP contribution in [0.5, 0.6) is 23.0 Å². The Morgan fingerprint density at radius 2 is 1.57 bits per heavy atom. The van der Waals surface area contributed by atoms with Crippen molar-refractivity contribution in [1.82, 2.24) is 5.32 Å². The first-order valence-electron chi connectivity index (χ1n) is 8.82. The van der Waals surface area contributed by atoms with Crippen molar-refractivity contribution in [2.45, 2.75) is 12.0 Å². The third-order valence-electron chi connectivity index (χ3n) is 4.74. The molecule has 0 fully saturated rings. The Hall–Kier alpha value is -3.60. The number of alkyl halides is 3. The Bertz CT molecular complexity index is 1090. The van der Waals surface area contributed by atoms with Crippen molar-refractivity contribution in [2.75, 3.05) is 18.9 Å². The first-order valence-corrected chi connectivity index (χ1v) is 8.82. The summed E-state index contributed by atoms with van der Waals surface area (Å²) in [7, 11) is 0. The van der Waals surface area contributed by atoms with Crippen LogP contribution in [-0.4, -0.2) is 26.0 Å². The molecule has 3 heterocycles. The van der Waals surface area contributed by atoms with Crippen LogP contribution in [0, 0.1) is 0 Å². The first kappa shape index (κ1) is 18.4. The molecule has 0 amide bonds. The lowest BCUT2D eigenvalue weighted by Gasteiger charge is -2.34. The first-order chi connectivity index (χ1) is 14.3. The number of rotatable bonds is 3. The number of aliphatic imine (C=N–C) groups is 1. The average Bonchev–Trinajstić information content (AvgIpc) is 3.35. The second-order valence-corrected chi connectivity index (χ2v) is 6.70. The molecule has 0 saturated carbocycles. The molecule has 3 aliphatic rings. The summed E-state index contributed by atoms with van der Waals surface area (Å²) in [5.41, 5.74) is 6.08. The standard InChI is InChI=1S/C19H15F3N4O4/c20-18(21,22)12-7-24-19(23,10-1-3-13-15(5-10)29-8-27-13)26-17(12)25-11-2-4-14-16(6-11)30-9-28-14/h1-7,25-26H,8-9,23H2. The van der Waals surface area contributed by atoms with Gasteiger partial charge < -0.3 is 29.6 Å². The summed E-state index contributed by atoms with van der Waals surface area (Å²) in [4.78, 5) is 3.94. The predicted octanol–water partition coefficient (Wildman–Crippen LogP) is 2.77. The number of halogens is 3. The van der Waals surface area contributed by atoms with E-state index in [-0.39, 0.29) is 19.4 Å². The second-order valence-electron chi connectivity index (χ2n) is 6.70. The van der Waals surface area contributed by atoms with Gasteiger partial charge in [0.2, 0.25) is 19.4 Å². The van der Waals surface area contributed by atoms with Gasteiger partial charge in [0.1, 0.15) is 11.4 Å². The predicted molar refractivity (Wildman–Crippen MR) is 99.3 cm³/mol. The number of ether oxygens (including phenoxy) is 4. The van der Waals surface area contributed by atoms with Gasteiger partial charge in [-0.05, 0) is 30.3 Å². The molecule has 2 aromatic rings. The van der Waals surface area contributed by atoms with Crippen LogP contribution in [0.2, 0.25) is 0 Å². The minimum Gasteiger partial charge on any atom is -0.454 e. The average molecular weight is 420 g/mol. The van der Waals surface area contributed by atoms with Crippen LogP contribution in [-0.2, 0) is 5.79 Å². The number of anilines is 1. The lowest BCUT2D eigenvalue weighted by Crippen LogP contribution is -2.52. The van der Waals surface area contributed by atoms with Gasteiger partial charge in [-0.25, -0.2) is 4.99 Å². The molecule has 11 heteroatoms. The molecule has 0 saturated heterocycles. The summed E-state index contributed by atoms with van der Waals surface area (Å²) in [6.45, 7) is 0.109. The smallest absolute Gasteiger partial charge is 0.421 e.